The number of nitrogens with one attached hydrogen (secondary N) is 1. The lowest BCUT2D eigenvalue weighted by Crippen LogP contribution is -2.46. The lowest BCUT2D eigenvalue weighted by molar-refractivity contribution is -0.150. The second-order valence-electron chi connectivity index (χ2n) is 13.1. The quantitative estimate of drug-likeness (QED) is 0.180. The standard InChI is InChI=1S/C38H48N2O6/c1-28(2)23-34(36(43)45-27-31-19-13-8-14-20-31)39-35(42)32(24-30-17-11-7-12-18-30)25-33(41)26-40(37(44)46-38(3,4)5)22-21-29-15-9-6-10-16-29/h6-20,28,32,34H,21-27H2,1-5H3,(H,39,42)/t32-,34+/m0/s1. The van der Waals surface area contributed by atoms with Crippen LogP contribution in [0.2, 0.25) is 0 Å². The minimum absolute atomic E-state index is 0.0968. The van der Waals surface area contributed by atoms with E-state index in [0.29, 0.717) is 19.3 Å². The van der Waals surface area contributed by atoms with Crippen molar-refractivity contribution in [2.24, 2.45) is 11.8 Å². The number of Topliss-reactive ketones (excluding diaryl/α,β-unsaturated/α-hetero) is 1. The van der Waals surface area contributed by atoms with Crippen LogP contribution >= 0.6 is 0 Å². The van der Waals surface area contributed by atoms with Gasteiger partial charge in [0.15, 0.2) is 5.78 Å². The second kappa shape index (κ2) is 17.9. The predicted octanol–water partition coefficient (Wildman–Crippen LogP) is 6.56. The van der Waals surface area contributed by atoms with Crippen LogP contribution in [-0.2, 0) is 43.3 Å². The molecule has 46 heavy (non-hydrogen) atoms. The Bertz CT molecular complexity index is 1390. The van der Waals surface area contributed by atoms with Crippen molar-refractivity contribution in [3.63, 3.8) is 0 Å². The van der Waals surface area contributed by atoms with E-state index in [9.17, 15) is 19.2 Å². The van der Waals surface area contributed by atoms with Crippen LogP contribution in [0, 0.1) is 11.8 Å². The molecular weight excluding hydrogens is 580 g/mol. The van der Waals surface area contributed by atoms with Crippen molar-refractivity contribution in [2.45, 2.75) is 78.6 Å². The van der Waals surface area contributed by atoms with E-state index < -0.39 is 35.5 Å². The van der Waals surface area contributed by atoms with E-state index >= 15 is 0 Å². The third-order valence-corrected chi connectivity index (χ3v) is 7.23. The summed E-state index contributed by atoms with van der Waals surface area (Å²) in [6.07, 6.45) is 0.529. The molecule has 0 aliphatic heterocycles. The number of esters is 1. The summed E-state index contributed by atoms with van der Waals surface area (Å²) < 4.78 is 11.2. The van der Waals surface area contributed by atoms with Gasteiger partial charge in [0, 0.05) is 18.9 Å². The zero-order chi connectivity index (χ0) is 33.5. The number of carbonyl (C=O) groups is 4. The SMILES string of the molecule is CC(C)C[C@@H](NC(=O)[C@H](CC(=O)CN(CCc1ccccc1)C(=O)OC(C)(C)C)Cc1ccccc1)C(=O)OCc1ccccc1. The Morgan fingerprint density at radius 1 is 0.783 bits per heavy atom. The topological polar surface area (TPSA) is 102 Å². The summed E-state index contributed by atoms with van der Waals surface area (Å²) in [5.41, 5.74) is 2.03. The zero-order valence-electron chi connectivity index (χ0n) is 27.7. The van der Waals surface area contributed by atoms with Gasteiger partial charge in [-0.2, -0.15) is 0 Å². The van der Waals surface area contributed by atoms with Gasteiger partial charge in [-0.3, -0.25) is 9.59 Å². The molecule has 0 aromatic heterocycles. The average molecular weight is 629 g/mol. The largest absolute Gasteiger partial charge is 0.459 e. The fraction of sp³-hybridized carbons (Fsp3) is 0.421. The Labute approximate surface area is 273 Å². The molecule has 0 fully saturated rings. The first-order valence-electron chi connectivity index (χ1n) is 16.0. The number of amides is 2. The molecule has 0 unspecified atom stereocenters. The number of hydrogen-bond acceptors (Lipinski definition) is 6. The van der Waals surface area contributed by atoms with Crippen molar-refractivity contribution >= 4 is 23.8 Å². The molecule has 8 heteroatoms. The highest BCUT2D eigenvalue weighted by Gasteiger charge is 2.31. The Kier molecular flexibility index (Phi) is 14.0. The van der Waals surface area contributed by atoms with Gasteiger partial charge in [-0.15, -0.1) is 0 Å². The maximum Gasteiger partial charge on any atom is 0.410 e. The van der Waals surface area contributed by atoms with Crippen molar-refractivity contribution in [1.82, 2.24) is 10.2 Å². The minimum Gasteiger partial charge on any atom is -0.459 e. The van der Waals surface area contributed by atoms with Crippen LogP contribution in [0.3, 0.4) is 0 Å². The number of ether oxygens (including phenoxy) is 2. The molecule has 3 rings (SSSR count). The van der Waals surface area contributed by atoms with Gasteiger partial charge >= 0.3 is 12.1 Å². The monoisotopic (exact) mass is 628 g/mol. The summed E-state index contributed by atoms with van der Waals surface area (Å²) in [7, 11) is 0. The summed E-state index contributed by atoms with van der Waals surface area (Å²) >= 11 is 0. The van der Waals surface area contributed by atoms with Crippen LogP contribution in [0.1, 0.15) is 64.2 Å². The van der Waals surface area contributed by atoms with E-state index in [1.54, 1.807) is 20.8 Å². The zero-order valence-corrected chi connectivity index (χ0v) is 27.7. The van der Waals surface area contributed by atoms with E-state index in [4.69, 9.17) is 9.47 Å². The van der Waals surface area contributed by atoms with Crippen molar-refractivity contribution in [3.05, 3.63) is 108 Å². The van der Waals surface area contributed by atoms with E-state index in [2.05, 4.69) is 5.32 Å². The third kappa shape index (κ3) is 13.3. The summed E-state index contributed by atoms with van der Waals surface area (Å²) in [5.74, 6) is -1.86. The van der Waals surface area contributed by atoms with Crippen LogP contribution in [0.4, 0.5) is 4.79 Å². The van der Waals surface area contributed by atoms with Gasteiger partial charge in [-0.25, -0.2) is 9.59 Å². The fourth-order valence-corrected chi connectivity index (χ4v) is 4.98. The molecule has 0 saturated heterocycles. The molecule has 2 amide bonds. The lowest BCUT2D eigenvalue weighted by Gasteiger charge is -2.28. The van der Waals surface area contributed by atoms with Crippen LogP contribution in [-0.4, -0.2) is 53.4 Å². The van der Waals surface area contributed by atoms with Crippen LogP contribution in [0.5, 0.6) is 0 Å². The van der Waals surface area contributed by atoms with Crippen LogP contribution in [0.15, 0.2) is 91.0 Å². The second-order valence-corrected chi connectivity index (χ2v) is 13.1. The van der Waals surface area contributed by atoms with E-state index in [1.165, 1.54) is 4.90 Å². The number of benzene rings is 3. The van der Waals surface area contributed by atoms with Crippen molar-refractivity contribution < 1.29 is 28.7 Å². The highest BCUT2D eigenvalue weighted by Crippen LogP contribution is 2.18. The van der Waals surface area contributed by atoms with Crippen molar-refractivity contribution in [1.29, 1.82) is 0 Å². The van der Waals surface area contributed by atoms with Gasteiger partial charge in [0.25, 0.3) is 0 Å². The van der Waals surface area contributed by atoms with Gasteiger partial charge in [0.05, 0.1) is 6.54 Å². The first-order valence-corrected chi connectivity index (χ1v) is 16.0. The number of rotatable bonds is 16. The van der Waals surface area contributed by atoms with Crippen LogP contribution < -0.4 is 5.32 Å². The van der Waals surface area contributed by atoms with Gasteiger partial charge in [-0.05, 0) is 62.6 Å². The van der Waals surface area contributed by atoms with E-state index in [0.717, 1.165) is 16.7 Å². The van der Waals surface area contributed by atoms with Crippen molar-refractivity contribution in [2.75, 3.05) is 13.1 Å². The molecule has 3 aromatic carbocycles. The molecule has 0 aliphatic carbocycles. The maximum absolute atomic E-state index is 13.8. The summed E-state index contributed by atoms with van der Waals surface area (Å²) in [6, 6.07) is 27.6. The van der Waals surface area contributed by atoms with Gasteiger partial charge in [-0.1, -0.05) is 105 Å². The molecular formula is C38H48N2O6. The minimum atomic E-state index is -0.867. The first-order chi connectivity index (χ1) is 21.9. The number of carbonyl (C=O) groups excluding carboxylic acids is 4. The fourth-order valence-electron chi connectivity index (χ4n) is 4.98. The summed E-state index contributed by atoms with van der Waals surface area (Å²) in [5, 5.41) is 2.89. The Morgan fingerprint density at radius 2 is 1.33 bits per heavy atom. The molecule has 0 bridgehead atoms. The molecule has 246 valence electrons. The molecule has 0 radical (unpaired) electrons. The molecule has 0 saturated carbocycles. The molecule has 8 nitrogen and oxygen atoms in total. The normalized spacial score (nSPS) is 12.6. The molecule has 0 spiro atoms. The van der Waals surface area contributed by atoms with Crippen LogP contribution in [0.25, 0.3) is 0 Å². The van der Waals surface area contributed by atoms with Gasteiger partial charge in [0.1, 0.15) is 18.2 Å². The Hall–Kier alpha value is -4.46. The Morgan fingerprint density at radius 3 is 1.87 bits per heavy atom. The molecule has 0 aliphatic rings. The highest BCUT2D eigenvalue weighted by molar-refractivity contribution is 5.91. The van der Waals surface area contributed by atoms with E-state index in [1.807, 2.05) is 105 Å². The summed E-state index contributed by atoms with van der Waals surface area (Å²) in [6.45, 7) is 9.45. The first kappa shape index (κ1) is 36.0. The molecule has 0 heterocycles. The van der Waals surface area contributed by atoms with Gasteiger partial charge in [0.2, 0.25) is 5.91 Å². The molecule has 2 atom stereocenters. The molecule has 3 aromatic rings. The third-order valence-electron chi connectivity index (χ3n) is 7.23. The maximum atomic E-state index is 13.8. The smallest absolute Gasteiger partial charge is 0.410 e. The molecule has 1 N–H and O–H groups in total. The van der Waals surface area contributed by atoms with Crippen molar-refractivity contribution in [3.8, 4) is 0 Å². The highest BCUT2D eigenvalue weighted by atomic mass is 16.6. The van der Waals surface area contributed by atoms with Gasteiger partial charge < -0.3 is 19.7 Å². The number of ketones is 1. The predicted molar refractivity (Wildman–Crippen MR) is 179 cm³/mol. The van der Waals surface area contributed by atoms with E-state index in [-0.39, 0.29) is 37.8 Å². The summed E-state index contributed by atoms with van der Waals surface area (Å²) in [4.78, 5) is 55.1. The number of nitrogens with zero attached hydrogens (tertiary/aromatic N) is 1. The Balaban J connectivity index is 1.75. The number of hydrogen-bond donors (Lipinski definition) is 1. The lowest BCUT2D eigenvalue weighted by atomic mass is 9.92. The average Bonchev–Trinajstić information content (AvgIpc) is 3.01.